The zero-order valence-corrected chi connectivity index (χ0v) is 9.15. The van der Waals surface area contributed by atoms with E-state index in [1.807, 2.05) is 0 Å². The first-order valence-corrected chi connectivity index (χ1v) is 6.16. The lowest BCUT2D eigenvalue weighted by Gasteiger charge is -2.41. The second-order valence-electron chi connectivity index (χ2n) is 4.92. The minimum absolute atomic E-state index is 0.267. The highest BCUT2D eigenvalue weighted by Crippen LogP contribution is 2.50. The van der Waals surface area contributed by atoms with Crippen LogP contribution in [0, 0.1) is 11.3 Å². The molecule has 0 aromatic rings. The molecule has 0 heteroatoms. The van der Waals surface area contributed by atoms with Gasteiger partial charge in [-0.05, 0) is 43.6 Å². The molecule has 0 bridgehead atoms. The Morgan fingerprint density at radius 2 is 2.07 bits per heavy atom. The summed E-state index contributed by atoms with van der Waals surface area (Å²) in [6, 6.07) is 0. The van der Waals surface area contributed by atoms with Gasteiger partial charge in [-0.25, -0.2) is 0 Å². The van der Waals surface area contributed by atoms with E-state index in [9.17, 15) is 0 Å². The average molecular weight is 198 g/mol. The molecule has 0 nitrogen and oxygen atoms in total. The maximum Gasteiger partial charge on any atom is 0.0340 e. The highest BCUT2D eigenvalue weighted by molar-refractivity contribution is 5.45. The lowest BCUT2D eigenvalue weighted by atomic mass is 9.63. The van der Waals surface area contributed by atoms with E-state index in [0.29, 0.717) is 0 Å². The average Bonchev–Trinajstić information content (AvgIpc) is 2.49. The first-order chi connectivity index (χ1) is 7.42. The van der Waals surface area contributed by atoms with E-state index in [1.54, 1.807) is 5.57 Å². The van der Waals surface area contributed by atoms with E-state index in [4.69, 9.17) is 0 Å². The minimum Gasteiger partial charge on any atom is -0.0873 e. The van der Waals surface area contributed by atoms with Crippen LogP contribution in [0.5, 0.6) is 0 Å². The summed E-state index contributed by atoms with van der Waals surface area (Å²) < 4.78 is 0. The van der Waals surface area contributed by atoms with Crippen molar-refractivity contribution in [3.05, 3.63) is 48.1 Å². The molecule has 0 heterocycles. The predicted octanol–water partition coefficient (Wildman–Crippen LogP) is 4.18. The number of allylic oxidation sites excluding steroid dienone is 8. The molecule has 3 aliphatic carbocycles. The lowest BCUT2D eigenvalue weighted by Crippen LogP contribution is -2.31. The van der Waals surface area contributed by atoms with Gasteiger partial charge in [-0.2, -0.15) is 0 Å². The Hall–Kier alpha value is -1.04. The van der Waals surface area contributed by atoms with Gasteiger partial charge < -0.3 is 0 Å². The highest BCUT2D eigenvalue weighted by atomic mass is 14.4. The van der Waals surface area contributed by atoms with E-state index in [-0.39, 0.29) is 5.41 Å². The Kier molecular flexibility index (Phi) is 2.16. The predicted molar refractivity (Wildman–Crippen MR) is 64.5 cm³/mol. The molecular weight excluding hydrogens is 180 g/mol. The molecule has 0 saturated heterocycles. The number of rotatable bonds is 0. The number of hydrogen-bond donors (Lipinski definition) is 0. The second-order valence-corrected chi connectivity index (χ2v) is 4.92. The third-order valence-corrected chi connectivity index (χ3v) is 4.13. The molecule has 2 atom stereocenters. The molecule has 0 aromatic heterocycles. The monoisotopic (exact) mass is 198 g/mol. The maximum absolute atomic E-state index is 2.47. The molecule has 78 valence electrons. The summed E-state index contributed by atoms with van der Waals surface area (Å²) >= 11 is 0. The van der Waals surface area contributed by atoms with Gasteiger partial charge in [-0.3, -0.25) is 0 Å². The Morgan fingerprint density at radius 1 is 1.07 bits per heavy atom. The lowest BCUT2D eigenvalue weighted by molar-refractivity contribution is 0.295. The van der Waals surface area contributed by atoms with E-state index in [1.165, 1.54) is 32.1 Å². The third kappa shape index (κ3) is 1.35. The Balaban J connectivity index is 2.10. The van der Waals surface area contributed by atoms with Crippen molar-refractivity contribution in [1.82, 2.24) is 0 Å². The Labute approximate surface area is 92.1 Å². The fourth-order valence-corrected chi connectivity index (χ4v) is 3.34. The van der Waals surface area contributed by atoms with Crippen molar-refractivity contribution in [2.24, 2.45) is 11.3 Å². The van der Waals surface area contributed by atoms with Crippen LogP contribution in [0.3, 0.4) is 0 Å². The van der Waals surface area contributed by atoms with Crippen molar-refractivity contribution in [2.75, 3.05) is 0 Å². The fraction of sp³-hybridized carbons (Fsp3) is 0.467. The summed E-state index contributed by atoms with van der Waals surface area (Å²) in [4.78, 5) is 0. The quantitative estimate of drug-likeness (QED) is 0.512. The SMILES string of the molecule is C1=CC2=CCCC3CCCC=CC23C=C1. The number of hydrogen-bond acceptors (Lipinski definition) is 0. The van der Waals surface area contributed by atoms with Crippen molar-refractivity contribution in [1.29, 1.82) is 0 Å². The van der Waals surface area contributed by atoms with Crippen molar-refractivity contribution in [3.8, 4) is 0 Å². The standard InChI is InChI=1S/C15H18/c1-2-7-13-9-6-10-14-8-3-5-12-15(13,14)11-4-1/h3-5,8,10-13H,1-2,6-7,9H2. The summed E-state index contributed by atoms with van der Waals surface area (Å²) in [5.74, 6) is 0.845. The molecule has 0 aromatic carbocycles. The molecule has 0 N–H and O–H groups in total. The highest BCUT2D eigenvalue weighted by Gasteiger charge is 2.39. The first kappa shape index (κ1) is 9.21. The van der Waals surface area contributed by atoms with Crippen molar-refractivity contribution >= 4 is 0 Å². The normalized spacial score (nSPS) is 37.9. The topological polar surface area (TPSA) is 0 Å². The van der Waals surface area contributed by atoms with Gasteiger partial charge in [0.25, 0.3) is 0 Å². The van der Waals surface area contributed by atoms with E-state index < -0.39 is 0 Å². The van der Waals surface area contributed by atoms with Gasteiger partial charge in [0.2, 0.25) is 0 Å². The van der Waals surface area contributed by atoms with Crippen LogP contribution < -0.4 is 0 Å². The van der Waals surface area contributed by atoms with Gasteiger partial charge in [0.1, 0.15) is 0 Å². The molecule has 2 unspecified atom stereocenters. The molecule has 0 amide bonds. The molecule has 0 saturated carbocycles. The maximum atomic E-state index is 2.47. The summed E-state index contributed by atoms with van der Waals surface area (Å²) in [6.45, 7) is 0. The van der Waals surface area contributed by atoms with Crippen molar-refractivity contribution in [3.63, 3.8) is 0 Å². The zero-order valence-electron chi connectivity index (χ0n) is 9.15. The van der Waals surface area contributed by atoms with Gasteiger partial charge in [-0.15, -0.1) is 0 Å². The van der Waals surface area contributed by atoms with E-state index in [2.05, 4.69) is 42.5 Å². The first-order valence-electron chi connectivity index (χ1n) is 6.16. The third-order valence-electron chi connectivity index (χ3n) is 4.13. The summed E-state index contributed by atoms with van der Waals surface area (Å²) in [5, 5.41) is 0. The van der Waals surface area contributed by atoms with E-state index >= 15 is 0 Å². The van der Waals surface area contributed by atoms with Crippen LogP contribution in [0.1, 0.15) is 32.1 Å². The van der Waals surface area contributed by atoms with Crippen LogP contribution in [0.25, 0.3) is 0 Å². The largest absolute Gasteiger partial charge is 0.0873 e. The van der Waals surface area contributed by atoms with Crippen molar-refractivity contribution in [2.45, 2.75) is 32.1 Å². The minimum atomic E-state index is 0.267. The van der Waals surface area contributed by atoms with Crippen LogP contribution in [0.2, 0.25) is 0 Å². The van der Waals surface area contributed by atoms with Gasteiger partial charge in [0, 0.05) is 5.41 Å². The molecule has 0 radical (unpaired) electrons. The second kappa shape index (κ2) is 3.52. The van der Waals surface area contributed by atoms with Gasteiger partial charge in [-0.1, -0.05) is 42.5 Å². The molecule has 3 aliphatic rings. The molecule has 3 rings (SSSR count). The molecule has 1 spiro atoms. The summed E-state index contributed by atoms with van der Waals surface area (Å²) in [5.41, 5.74) is 1.81. The zero-order chi connectivity index (χ0) is 10.1. The smallest absolute Gasteiger partial charge is 0.0340 e. The van der Waals surface area contributed by atoms with Crippen molar-refractivity contribution < 1.29 is 0 Å². The van der Waals surface area contributed by atoms with E-state index in [0.717, 1.165) is 5.92 Å². The van der Waals surface area contributed by atoms with Gasteiger partial charge in [0.05, 0.1) is 0 Å². The van der Waals surface area contributed by atoms with Crippen LogP contribution >= 0.6 is 0 Å². The Morgan fingerprint density at radius 3 is 3.07 bits per heavy atom. The Bertz CT molecular complexity index is 367. The molecule has 15 heavy (non-hydrogen) atoms. The van der Waals surface area contributed by atoms with Crippen LogP contribution in [0.4, 0.5) is 0 Å². The molecule has 0 fully saturated rings. The van der Waals surface area contributed by atoms with Gasteiger partial charge in [0.15, 0.2) is 0 Å². The summed E-state index contributed by atoms with van der Waals surface area (Å²) in [6.07, 6.45) is 23.1. The van der Waals surface area contributed by atoms with Crippen LogP contribution in [0.15, 0.2) is 48.1 Å². The molecular formula is C15H18. The van der Waals surface area contributed by atoms with Crippen LogP contribution in [-0.2, 0) is 0 Å². The van der Waals surface area contributed by atoms with Crippen LogP contribution in [-0.4, -0.2) is 0 Å². The van der Waals surface area contributed by atoms with Gasteiger partial charge >= 0.3 is 0 Å². The fourth-order valence-electron chi connectivity index (χ4n) is 3.34. The summed E-state index contributed by atoms with van der Waals surface area (Å²) in [7, 11) is 0. The molecule has 0 aliphatic heterocycles.